The Balaban J connectivity index is 1.76. The number of carbonyl (C=O) groups excluding carboxylic acids is 1. The van der Waals surface area contributed by atoms with Gasteiger partial charge in [0.25, 0.3) is 5.91 Å². The summed E-state index contributed by atoms with van der Waals surface area (Å²) in [4.78, 5) is 12.8. The van der Waals surface area contributed by atoms with Crippen molar-refractivity contribution >= 4 is 5.91 Å². The number of carbonyl (C=O) groups is 1. The maximum Gasteiger partial charge on any atom is 0.255 e. The van der Waals surface area contributed by atoms with Gasteiger partial charge in [0.15, 0.2) is 0 Å². The number of hydrogen-bond donors (Lipinski definition) is 3. The van der Waals surface area contributed by atoms with E-state index in [2.05, 4.69) is 16.7 Å². The van der Waals surface area contributed by atoms with Crippen LogP contribution in [0.5, 0.6) is 5.75 Å². The van der Waals surface area contributed by atoms with Gasteiger partial charge >= 0.3 is 0 Å². The summed E-state index contributed by atoms with van der Waals surface area (Å²) in [6, 6.07) is 15.5. The number of nitrogens with one attached hydrogen (secondary N) is 2. The first-order valence-electron chi connectivity index (χ1n) is 8.72. The number of benzene rings is 2. The summed E-state index contributed by atoms with van der Waals surface area (Å²) in [6.45, 7) is 1.24. The van der Waals surface area contributed by atoms with E-state index in [9.17, 15) is 4.79 Å². The summed E-state index contributed by atoms with van der Waals surface area (Å²) in [5.41, 5.74) is 9.00. The zero-order valence-corrected chi connectivity index (χ0v) is 14.5. The number of fused-ring (bicyclic) bond motifs is 1. The summed E-state index contributed by atoms with van der Waals surface area (Å²) < 4.78 is 5.73. The molecule has 132 valence electrons. The topological polar surface area (TPSA) is 76.4 Å². The van der Waals surface area contributed by atoms with Crippen molar-refractivity contribution in [1.82, 2.24) is 10.6 Å². The van der Waals surface area contributed by atoms with E-state index in [1.165, 1.54) is 0 Å². The number of para-hydroxylation sites is 1. The Morgan fingerprint density at radius 3 is 2.64 bits per heavy atom. The van der Waals surface area contributed by atoms with Crippen molar-refractivity contribution in [3.05, 3.63) is 65.2 Å². The molecule has 1 amide bonds. The second-order valence-corrected chi connectivity index (χ2v) is 6.29. The van der Waals surface area contributed by atoms with Gasteiger partial charge in [-0.15, -0.1) is 0 Å². The summed E-state index contributed by atoms with van der Waals surface area (Å²) in [5, 5.41) is 6.18. The average molecular weight is 339 g/mol. The molecule has 0 aromatic heterocycles. The number of nitrogens with two attached hydrogens (primary N) is 1. The van der Waals surface area contributed by atoms with Crippen molar-refractivity contribution in [2.45, 2.75) is 24.9 Å². The van der Waals surface area contributed by atoms with E-state index in [1.54, 1.807) is 6.07 Å². The van der Waals surface area contributed by atoms with E-state index < -0.39 is 0 Å². The van der Waals surface area contributed by atoms with Crippen LogP contribution in [0.2, 0.25) is 0 Å². The van der Waals surface area contributed by atoms with Crippen molar-refractivity contribution in [1.29, 1.82) is 0 Å². The molecule has 0 spiro atoms. The Morgan fingerprint density at radius 2 is 1.84 bits per heavy atom. The van der Waals surface area contributed by atoms with Crippen molar-refractivity contribution in [2.24, 2.45) is 5.73 Å². The lowest BCUT2D eigenvalue weighted by Crippen LogP contribution is -2.33. The standard InChI is InChI=1S/C20H25N3O2/c1-22-12-13-25-19-9-5-4-8-16(19)20(24)23-18-11-10-17(21)14-6-2-3-7-15(14)18/h2-9,17-18,22H,10-13,21H2,1H3,(H,23,24). The van der Waals surface area contributed by atoms with Gasteiger partial charge in [-0.1, -0.05) is 36.4 Å². The first-order chi connectivity index (χ1) is 12.2. The molecular formula is C20H25N3O2. The van der Waals surface area contributed by atoms with Gasteiger partial charge in [0, 0.05) is 12.6 Å². The van der Waals surface area contributed by atoms with Gasteiger partial charge in [0.1, 0.15) is 12.4 Å². The molecule has 3 rings (SSSR count). The quantitative estimate of drug-likeness (QED) is 0.707. The van der Waals surface area contributed by atoms with Crippen LogP contribution in [0, 0.1) is 0 Å². The molecule has 0 bridgehead atoms. The highest BCUT2D eigenvalue weighted by atomic mass is 16.5. The predicted molar refractivity (Wildman–Crippen MR) is 98.7 cm³/mol. The van der Waals surface area contributed by atoms with E-state index in [1.807, 2.05) is 43.4 Å². The van der Waals surface area contributed by atoms with E-state index in [0.29, 0.717) is 17.9 Å². The fraction of sp³-hybridized carbons (Fsp3) is 0.350. The van der Waals surface area contributed by atoms with Crippen LogP contribution >= 0.6 is 0 Å². The fourth-order valence-electron chi connectivity index (χ4n) is 3.25. The Morgan fingerprint density at radius 1 is 1.12 bits per heavy atom. The number of amides is 1. The number of hydrogen-bond acceptors (Lipinski definition) is 4. The minimum absolute atomic E-state index is 0.0196. The summed E-state index contributed by atoms with van der Waals surface area (Å²) >= 11 is 0. The van der Waals surface area contributed by atoms with Crippen molar-refractivity contribution in [3.63, 3.8) is 0 Å². The Hall–Kier alpha value is -2.37. The highest BCUT2D eigenvalue weighted by Crippen LogP contribution is 2.35. The molecule has 0 radical (unpaired) electrons. The summed E-state index contributed by atoms with van der Waals surface area (Å²) in [6.07, 6.45) is 1.70. The molecule has 2 atom stereocenters. The third kappa shape index (κ3) is 4.00. The molecule has 5 heteroatoms. The molecule has 0 fully saturated rings. The van der Waals surface area contributed by atoms with Gasteiger partial charge in [-0.25, -0.2) is 0 Å². The monoisotopic (exact) mass is 339 g/mol. The second-order valence-electron chi connectivity index (χ2n) is 6.29. The molecule has 25 heavy (non-hydrogen) atoms. The number of likely N-dealkylation sites (N-methyl/N-ethyl adjacent to an activating group) is 1. The van der Waals surface area contributed by atoms with Gasteiger partial charge in [0.2, 0.25) is 0 Å². The van der Waals surface area contributed by atoms with Crippen LogP contribution in [0.4, 0.5) is 0 Å². The van der Waals surface area contributed by atoms with Crippen LogP contribution in [-0.4, -0.2) is 26.1 Å². The summed E-state index contributed by atoms with van der Waals surface area (Å²) in [5.74, 6) is 0.492. The normalized spacial score (nSPS) is 19.1. The van der Waals surface area contributed by atoms with Crippen LogP contribution < -0.4 is 21.1 Å². The lowest BCUT2D eigenvalue weighted by molar-refractivity contribution is 0.0927. The first-order valence-corrected chi connectivity index (χ1v) is 8.72. The zero-order chi connectivity index (χ0) is 17.6. The third-order valence-corrected chi connectivity index (χ3v) is 4.58. The fourth-order valence-corrected chi connectivity index (χ4v) is 3.25. The molecule has 4 N–H and O–H groups in total. The van der Waals surface area contributed by atoms with Crippen LogP contribution in [0.25, 0.3) is 0 Å². The molecular weight excluding hydrogens is 314 g/mol. The lowest BCUT2D eigenvalue weighted by Gasteiger charge is -2.30. The van der Waals surface area contributed by atoms with Gasteiger partial charge < -0.3 is 21.1 Å². The highest BCUT2D eigenvalue weighted by Gasteiger charge is 2.26. The minimum atomic E-state index is -0.115. The van der Waals surface area contributed by atoms with Crippen molar-refractivity contribution < 1.29 is 9.53 Å². The molecule has 1 aliphatic rings. The maximum atomic E-state index is 12.8. The van der Waals surface area contributed by atoms with E-state index in [-0.39, 0.29) is 18.0 Å². The van der Waals surface area contributed by atoms with Gasteiger partial charge in [0.05, 0.1) is 11.6 Å². The third-order valence-electron chi connectivity index (χ3n) is 4.58. The lowest BCUT2D eigenvalue weighted by atomic mass is 9.84. The van der Waals surface area contributed by atoms with Crippen molar-refractivity contribution in [3.8, 4) is 5.75 Å². The highest BCUT2D eigenvalue weighted by molar-refractivity contribution is 5.97. The molecule has 5 nitrogen and oxygen atoms in total. The van der Waals surface area contributed by atoms with E-state index in [0.717, 1.165) is 30.5 Å². The second kappa shape index (κ2) is 8.14. The molecule has 2 unspecified atom stereocenters. The van der Waals surface area contributed by atoms with Gasteiger partial charge in [-0.05, 0) is 43.1 Å². The molecule has 0 heterocycles. The Bertz CT molecular complexity index is 732. The van der Waals surface area contributed by atoms with Crippen molar-refractivity contribution in [2.75, 3.05) is 20.2 Å². The van der Waals surface area contributed by atoms with Crippen LogP contribution in [-0.2, 0) is 0 Å². The molecule has 0 saturated carbocycles. The SMILES string of the molecule is CNCCOc1ccccc1C(=O)NC1CCC(N)c2ccccc21. The minimum Gasteiger partial charge on any atom is -0.491 e. The first kappa shape index (κ1) is 17.5. The maximum absolute atomic E-state index is 12.8. The zero-order valence-electron chi connectivity index (χ0n) is 14.5. The average Bonchev–Trinajstić information content (AvgIpc) is 2.65. The van der Waals surface area contributed by atoms with Gasteiger partial charge in [-0.3, -0.25) is 4.79 Å². The summed E-state index contributed by atoms with van der Waals surface area (Å²) in [7, 11) is 1.87. The smallest absolute Gasteiger partial charge is 0.255 e. The number of rotatable bonds is 6. The molecule has 0 aliphatic heterocycles. The Labute approximate surface area is 148 Å². The van der Waals surface area contributed by atoms with E-state index in [4.69, 9.17) is 10.5 Å². The predicted octanol–water partition coefficient (Wildman–Crippen LogP) is 2.55. The Kier molecular flexibility index (Phi) is 5.68. The molecule has 2 aromatic rings. The largest absolute Gasteiger partial charge is 0.491 e. The number of ether oxygens (including phenoxy) is 1. The van der Waals surface area contributed by atoms with Gasteiger partial charge in [-0.2, -0.15) is 0 Å². The molecule has 0 saturated heterocycles. The van der Waals surface area contributed by atoms with E-state index >= 15 is 0 Å². The van der Waals surface area contributed by atoms with Crippen LogP contribution in [0.15, 0.2) is 48.5 Å². The van der Waals surface area contributed by atoms with Crippen LogP contribution in [0.1, 0.15) is 46.4 Å². The molecule has 1 aliphatic carbocycles. The van der Waals surface area contributed by atoms with Crippen LogP contribution in [0.3, 0.4) is 0 Å². The molecule has 2 aromatic carbocycles.